The van der Waals surface area contributed by atoms with E-state index >= 15 is 0 Å². The molecule has 3 rings (SSSR count). The van der Waals surface area contributed by atoms with E-state index in [9.17, 15) is 0 Å². The predicted octanol–water partition coefficient (Wildman–Crippen LogP) is 3.50. The molecule has 0 aliphatic rings. The molecule has 2 N–H and O–H groups in total. The van der Waals surface area contributed by atoms with Crippen LogP contribution >= 0.6 is 22.9 Å². The van der Waals surface area contributed by atoms with E-state index in [2.05, 4.69) is 10.1 Å². The summed E-state index contributed by atoms with van der Waals surface area (Å²) in [5.74, 6) is 0.838. The van der Waals surface area contributed by atoms with Crippen LogP contribution in [-0.2, 0) is 0 Å². The molecule has 1 atom stereocenters. The second kappa shape index (κ2) is 5.13. The molecule has 0 aliphatic heterocycles. The van der Waals surface area contributed by atoms with E-state index in [4.69, 9.17) is 21.9 Å². The lowest BCUT2D eigenvalue weighted by Gasteiger charge is -2.01. The second-order valence-electron chi connectivity index (χ2n) is 3.93. The van der Waals surface area contributed by atoms with Gasteiger partial charge in [-0.3, -0.25) is 0 Å². The van der Waals surface area contributed by atoms with E-state index in [0.29, 0.717) is 16.7 Å². The Morgan fingerprint density at radius 2 is 2.05 bits per heavy atom. The van der Waals surface area contributed by atoms with Gasteiger partial charge in [-0.15, -0.1) is 11.3 Å². The number of halogens is 1. The van der Waals surface area contributed by atoms with Crippen molar-refractivity contribution in [2.24, 2.45) is 5.73 Å². The first-order chi connectivity index (χ1) is 9.25. The molecule has 0 amide bonds. The normalized spacial score (nSPS) is 12.5. The molecule has 4 nitrogen and oxygen atoms in total. The zero-order chi connectivity index (χ0) is 13.2. The Kier molecular flexibility index (Phi) is 3.33. The third kappa shape index (κ3) is 2.40. The Balaban J connectivity index is 1.94. The molecule has 0 aliphatic carbocycles. The van der Waals surface area contributed by atoms with Gasteiger partial charge in [-0.1, -0.05) is 35.0 Å². The molecule has 1 unspecified atom stereocenters. The van der Waals surface area contributed by atoms with Crippen molar-refractivity contribution in [2.75, 3.05) is 0 Å². The zero-order valence-corrected chi connectivity index (χ0v) is 11.4. The summed E-state index contributed by atoms with van der Waals surface area (Å²) in [6.45, 7) is 0. The standard InChI is InChI=1S/C13H10ClN3OS/c14-9-5-2-1-4-8(9)12-16-13(18-17-12)11(15)10-6-3-7-19-10/h1-7,11H,15H2. The number of rotatable bonds is 3. The van der Waals surface area contributed by atoms with Crippen LogP contribution < -0.4 is 5.73 Å². The van der Waals surface area contributed by atoms with Crippen LogP contribution in [0, 0.1) is 0 Å². The Bertz CT molecular complexity index is 681. The zero-order valence-electron chi connectivity index (χ0n) is 9.79. The number of nitrogens with zero attached hydrogens (tertiary/aromatic N) is 2. The van der Waals surface area contributed by atoms with Crippen LogP contribution in [-0.4, -0.2) is 10.1 Å². The number of hydrogen-bond acceptors (Lipinski definition) is 5. The maximum atomic E-state index is 6.10. The molecule has 0 radical (unpaired) electrons. The fraction of sp³-hybridized carbons (Fsp3) is 0.0769. The highest BCUT2D eigenvalue weighted by molar-refractivity contribution is 7.10. The summed E-state index contributed by atoms with van der Waals surface area (Å²) >= 11 is 7.65. The molecular formula is C13H10ClN3OS. The molecule has 0 spiro atoms. The van der Waals surface area contributed by atoms with Crippen LogP contribution in [0.1, 0.15) is 16.8 Å². The molecule has 2 aromatic heterocycles. The van der Waals surface area contributed by atoms with Crippen LogP contribution in [0.3, 0.4) is 0 Å². The van der Waals surface area contributed by atoms with Crippen molar-refractivity contribution in [3.05, 3.63) is 57.6 Å². The Labute approximate surface area is 118 Å². The summed E-state index contributed by atoms with van der Waals surface area (Å²) in [4.78, 5) is 5.30. The van der Waals surface area contributed by atoms with E-state index in [1.165, 1.54) is 0 Å². The van der Waals surface area contributed by atoms with Gasteiger partial charge in [0.1, 0.15) is 6.04 Å². The third-order valence-electron chi connectivity index (χ3n) is 2.67. The highest BCUT2D eigenvalue weighted by Gasteiger charge is 2.19. The van der Waals surface area contributed by atoms with Crippen LogP contribution in [0.15, 0.2) is 46.3 Å². The number of hydrogen-bond donors (Lipinski definition) is 1. The molecule has 0 fully saturated rings. The van der Waals surface area contributed by atoms with Gasteiger partial charge in [0.15, 0.2) is 0 Å². The summed E-state index contributed by atoms with van der Waals surface area (Å²) < 4.78 is 5.22. The largest absolute Gasteiger partial charge is 0.337 e. The lowest BCUT2D eigenvalue weighted by molar-refractivity contribution is 0.368. The van der Waals surface area contributed by atoms with Gasteiger partial charge < -0.3 is 10.3 Å². The first kappa shape index (κ1) is 12.3. The summed E-state index contributed by atoms with van der Waals surface area (Å²) in [6, 6.07) is 10.8. The van der Waals surface area contributed by atoms with Crippen LogP contribution in [0.5, 0.6) is 0 Å². The van der Waals surface area contributed by atoms with E-state index in [1.807, 2.05) is 35.7 Å². The molecule has 2 heterocycles. The first-order valence-corrected chi connectivity index (χ1v) is 6.89. The quantitative estimate of drug-likeness (QED) is 0.802. The Morgan fingerprint density at radius 1 is 1.21 bits per heavy atom. The van der Waals surface area contributed by atoms with E-state index < -0.39 is 6.04 Å². The van der Waals surface area contributed by atoms with Gasteiger partial charge in [0, 0.05) is 10.4 Å². The monoisotopic (exact) mass is 291 g/mol. The van der Waals surface area contributed by atoms with E-state index in [1.54, 1.807) is 17.4 Å². The highest BCUT2D eigenvalue weighted by Crippen LogP contribution is 2.28. The van der Waals surface area contributed by atoms with Gasteiger partial charge in [0.05, 0.1) is 5.02 Å². The lowest BCUT2D eigenvalue weighted by Crippen LogP contribution is -2.10. The third-order valence-corrected chi connectivity index (χ3v) is 3.96. The maximum absolute atomic E-state index is 6.10. The van der Waals surface area contributed by atoms with E-state index in [-0.39, 0.29) is 0 Å². The van der Waals surface area contributed by atoms with Crippen molar-refractivity contribution in [3.63, 3.8) is 0 Å². The van der Waals surface area contributed by atoms with Gasteiger partial charge in [-0.05, 0) is 23.6 Å². The molecule has 1 aromatic carbocycles. The minimum absolute atomic E-state index is 0.386. The van der Waals surface area contributed by atoms with Crippen molar-refractivity contribution < 1.29 is 4.52 Å². The summed E-state index contributed by atoms with van der Waals surface area (Å²) in [7, 11) is 0. The average molecular weight is 292 g/mol. The van der Waals surface area contributed by atoms with Gasteiger partial charge >= 0.3 is 0 Å². The van der Waals surface area contributed by atoms with Crippen LogP contribution in [0.2, 0.25) is 5.02 Å². The smallest absolute Gasteiger partial charge is 0.249 e. The molecule has 3 aromatic rings. The van der Waals surface area contributed by atoms with Gasteiger partial charge in [0.25, 0.3) is 0 Å². The lowest BCUT2D eigenvalue weighted by atomic mass is 10.2. The van der Waals surface area contributed by atoms with Gasteiger partial charge in [0.2, 0.25) is 11.7 Å². The predicted molar refractivity (Wildman–Crippen MR) is 75.1 cm³/mol. The summed E-state index contributed by atoms with van der Waals surface area (Å²) in [6.07, 6.45) is 0. The van der Waals surface area contributed by atoms with Crippen molar-refractivity contribution >= 4 is 22.9 Å². The van der Waals surface area contributed by atoms with Crippen molar-refractivity contribution in [1.29, 1.82) is 0 Å². The minimum Gasteiger partial charge on any atom is -0.337 e. The van der Waals surface area contributed by atoms with Gasteiger partial charge in [-0.2, -0.15) is 4.98 Å². The van der Waals surface area contributed by atoms with Crippen LogP contribution in [0.25, 0.3) is 11.4 Å². The molecular weight excluding hydrogens is 282 g/mol. The molecule has 96 valence electrons. The first-order valence-electron chi connectivity index (χ1n) is 5.63. The topological polar surface area (TPSA) is 64.9 Å². The highest BCUT2D eigenvalue weighted by atomic mass is 35.5. The number of benzene rings is 1. The Hall–Kier alpha value is -1.69. The van der Waals surface area contributed by atoms with Crippen molar-refractivity contribution in [1.82, 2.24) is 10.1 Å². The van der Waals surface area contributed by atoms with Crippen molar-refractivity contribution in [2.45, 2.75) is 6.04 Å². The minimum atomic E-state index is -0.399. The summed E-state index contributed by atoms with van der Waals surface area (Å²) in [5.41, 5.74) is 6.81. The van der Waals surface area contributed by atoms with E-state index in [0.717, 1.165) is 10.4 Å². The number of thiophene rings is 1. The molecule has 0 bridgehead atoms. The number of aromatic nitrogens is 2. The molecule has 0 saturated carbocycles. The van der Waals surface area contributed by atoms with Gasteiger partial charge in [-0.25, -0.2) is 0 Å². The fourth-order valence-electron chi connectivity index (χ4n) is 1.70. The molecule has 0 saturated heterocycles. The average Bonchev–Trinajstić information content (AvgIpc) is 3.10. The van der Waals surface area contributed by atoms with Crippen molar-refractivity contribution in [3.8, 4) is 11.4 Å². The Morgan fingerprint density at radius 3 is 2.79 bits per heavy atom. The molecule has 19 heavy (non-hydrogen) atoms. The molecule has 6 heteroatoms. The van der Waals surface area contributed by atoms with Crippen LogP contribution in [0.4, 0.5) is 0 Å². The second-order valence-corrected chi connectivity index (χ2v) is 5.32. The maximum Gasteiger partial charge on any atom is 0.249 e. The SMILES string of the molecule is NC(c1nc(-c2ccccc2Cl)no1)c1cccs1. The number of nitrogens with two attached hydrogens (primary N) is 1. The summed E-state index contributed by atoms with van der Waals surface area (Å²) in [5, 5.41) is 6.47. The fourth-order valence-corrected chi connectivity index (χ4v) is 2.64.